The highest BCUT2D eigenvalue weighted by Gasteiger charge is 2.18. The number of unbranched alkanes of at least 4 members (excludes halogenated alkanes) is 3. The van der Waals surface area contributed by atoms with Gasteiger partial charge in [0.05, 0.1) is 5.39 Å². The van der Waals surface area contributed by atoms with E-state index in [0.717, 1.165) is 34.6 Å². The van der Waals surface area contributed by atoms with Crippen LogP contribution in [0.2, 0.25) is 0 Å². The first-order valence-electron chi connectivity index (χ1n) is 6.86. The van der Waals surface area contributed by atoms with Gasteiger partial charge in [0.15, 0.2) is 0 Å². The molecule has 0 radical (unpaired) electrons. The van der Waals surface area contributed by atoms with Crippen LogP contribution in [0.4, 0.5) is 5.82 Å². The molecule has 0 saturated carbocycles. The van der Waals surface area contributed by atoms with Crippen LogP contribution in [0.15, 0.2) is 6.33 Å². The van der Waals surface area contributed by atoms with Crippen LogP contribution in [-0.4, -0.2) is 27.6 Å². The second-order valence-corrected chi connectivity index (χ2v) is 5.75. The minimum Gasteiger partial charge on any atom is -0.477 e. The molecule has 0 atom stereocenters. The van der Waals surface area contributed by atoms with Crippen LogP contribution in [0.5, 0.6) is 0 Å². The minimum absolute atomic E-state index is 0.342. The molecule has 0 fully saturated rings. The van der Waals surface area contributed by atoms with E-state index in [2.05, 4.69) is 22.2 Å². The van der Waals surface area contributed by atoms with Crippen molar-refractivity contribution >= 4 is 33.3 Å². The number of carboxylic acid groups (broad SMARTS) is 1. The van der Waals surface area contributed by atoms with E-state index >= 15 is 0 Å². The van der Waals surface area contributed by atoms with E-state index in [4.69, 9.17) is 0 Å². The van der Waals surface area contributed by atoms with Gasteiger partial charge in [-0.2, -0.15) is 0 Å². The first-order chi connectivity index (χ1) is 9.65. The van der Waals surface area contributed by atoms with E-state index in [1.54, 1.807) is 0 Å². The third-order valence-corrected chi connectivity index (χ3v) is 4.43. The van der Waals surface area contributed by atoms with Crippen molar-refractivity contribution in [3.05, 3.63) is 16.8 Å². The third kappa shape index (κ3) is 3.07. The Balaban J connectivity index is 2.19. The van der Waals surface area contributed by atoms with Crippen molar-refractivity contribution in [2.75, 3.05) is 11.9 Å². The standard InChI is InChI=1S/C14H19N3O2S/c1-3-4-5-6-7-15-12-10-9(2)11(14(18)19)20-13(10)17-8-16-12/h8H,3-7H2,1-2H3,(H,18,19)(H,15,16,17). The molecule has 20 heavy (non-hydrogen) atoms. The maximum atomic E-state index is 11.2. The van der Waals surface area contributed by atoms with Gasteiger partial charge in [0.25, 0.3) is 0 Å². The highest BCUT2D eigenvalue weighted by atomic mass is 32.1. The molecule has 0 aliphatic rings. The monoisotopic (exact) mass is 293 g/mol. The van der Waals surface area contributed by atoms with Gasteiger partial charge in [0, 0.05) is 6.54 Å². The van der Waals surface area contributed by atoms with Gasteiger partial charge in [0.1, 0.15) is 21.9 Å². The number of hydrogen-bond donors (Lipinski definition) is 2. The number of carbonyl (C=O) groups is 1. The lowest BCUT2D eigenvalue weighted by molar-refractivity contribution is 0.0701. The number of aromatic nitrogens is 2. The van der Waals surface area contributed by atoms with Crippen molar-refractivity contribution in [3.63, 3.8) is 0 Å². The molecule has 0 spiro atoms. The van der Waals surface area contributed by atoms with Crippen LogP contribution in [0.1, 0.15) is 47.8 Å². The number of thiophene rings is 1. The Morgan fingerprint density at radius 1 is 1.35 bits per heavy atom. The lowest BCUT2D eigenvalue weighted by atomic mass is 10.2. The summed E-state index contributed by atoms with van der Waals surface area (Å²) in [5.41, 5.74) is 0.745. The van der Waals surface area contributed by atoms with Crippen LogP contribution < -0.4 is 5.32 Å². The van der Waals surface area contributed by atoms with Gasteiger partial charge in [-0.1, -0.05) is 26.2 Å². The molecule has 0 aliphatic heterocycles. The topological polar surface area (TPSA) is 75.1 Å². The summed E-state index contributed by atoms with van der Waals surface area (Å²) >= 11 is 1.20. The smallest absolute Gasteiger partial charge is 0.346 e. The first-order valence-corrected chi connectivity index (χ1v) is 7.68. The molecule has 0 aliphatic carbocycles. The molecule has 2 aromatic rings. The molecule has 0 unspecified atom stereocenters. The summed E-state index contributed by atoms with van der Waals surface area (Å²) in [6.45, 7) is 4.85. The number of rotatable bonds is 7. The van der Waals surface area contributed by atoms with Crippen molar-refractivity contribution in [3.8, 4) is 0 Å². The Bertz CT molecular complexity index is 610. The van der Waals surface area contributed by atoms with Crippen molar-refractivity contribution in [2.45, 2.75) is 39.5 Å². The number of fused-ring (bicyclic) bond motifs is 1. The zero-order chi connectivity index (χ0) is 14.5. The molecule has 0 bridgehead atoms. The van der Waals surface area contributed by atoms with Gasteiger partial charge < -0.3 is 10.4 Å². The second-order valence-electron chi connectivity index (χ2n) is 4.75. The average Bonchev–Trinajstić information content (AvgIpc) is 2.77. The average molecular weight is 293 g/mol. The zero-order valence-electron chi connectivity index (χ0n) is 11.8. The highest BCUT2D eigenvalue weighted by molar-refractivity contribution is 7.20. The third-order valence-electron chi connectivity index (χ3n) is 3.24. The summed E-state index contributed by atoms with van der Waals surface area (Å²) in [6.07, 6.45) is 6.22. The van der Waals surface area contributed by atoms with Crippen molar-refractivity contribution < 1.29 is 9.90 Å². The summed E-state index contributed by atoms with van der Waals surface area (Å²) in [5, 5.41) is 13.3. The van der Waals surface area contributed by atoms with Gasteiger partial charge in [-0.05, 0) is 18.9 Å². The molecule has 108 valence electrons. The molecule has 0 aromatic carbocycles. The van der Waals surface area contributed by atoms with Gasteiger partial charge >= 0.3 is 5.97 Å². The van der Waals surface area contributed by atoms with Crippen LogP contribution in [0, 0.1) is 6.92 Å². The largest absolute Gasteiger partial charge is 0.477 e. The van der Waals surface area contributed by atoms with Crippen molar-refractivity contribution in [1.82, 2.24) is 9.97 Å². The van der Waals surface area contributed by atoms with Crippen LogP contribution in [0.3, 0.4) is 0 Å². The van der Waals surface area contributed by atoms with Crippen LogP contribution >= 0.6 is 11.3 Å². The van der Waals surface area contributed by atoms with Crippen molar-refractivity contribution in [1.29, 1.82) is 0 Å². The van der Waals surface area contributed by atoms with Crippen LogP contribution in [0.25, 0.3) is 10.2 Å². The van der Waals surface area contributed by atoms with E-state index < -0.39 is 5.97 Å². The quantitative estimate of drug-likeness (QED) is 0.761. The van der Waals surface area contributed by atoms with Gasteiger partial charge in [-0.15, -0.1) is 11.3 Å². The predicted octanol–water partition coefficient (Wildman–Crippen LogP) is 3.69. The molecular weight excluding hydrogens is 274 g/mol. The number of carboxylic acids is 1. The number of aromatic carboxylic acids is 1. The van der Waals surface area contributed by atoms with Gasteiger partial charge in [-0.3, -0.25) is 0 Å². The second kappa shape index (κ2) is 6.65. The summed E-state index contributed by atoms with van der Waals surface area (Å²) < 4.78 is 0. The lowest BCUT2D eigenvalue weighted by Crippen LogP contribution is -2.04. The highest BCUT2D eigenvalue weighted by Crippen LogP contribution is 2.33. The van der Waals surface area contributed by atoms with E-state index in [1.807, 2.05) is 6.92 Å². The van der Waals surface area contributed by atoms with Gasteiger partial charge in [-0.25, -0.2) is 14.8 Å². The molecule has 2 aromatic heterocycles. The molecule has 2 heterocycles. The Morgan fingerprint density at radius 2 is 2.15 bits per heavy atom. The number of hydrogen-bond acceptors (Lipinski definition) is 5. The van der Waals surface area contributed by atoms with Gasteiger partial charge in [0.2, 0.25) is 0 Å². The molecule has 6 heteroatoms. The van der Waals surface area contributed by atoms with E-state index in [1.165, 1.54) is 36.9 Å². The fourth-order valence-corrected chi connectivity index (χ4v) is 3.16. The fraction of sp³-hybridized carbons (Fsp3) is 0.500. The number of nitrogens with one attached hydrogen (secondary N) is 1. The number of nitrogens with zero attached hydrogens (tertiary/aromatic N) is 2. The van der Waals surface area contributed by atoms with E-state index in [0.29, 0.717) is 4.88 Å². The Hall–Kier alpha value is -1.69. The molecular formula is C14H19N3O2S. The summed E-state index contributed by atoms with van der Waals surface area (Å²) in [4.78, 5) is 20.7. The molecule has 0 saturated heterocycles. The predicted molar refractivity (Wildman–Crippen MR) is 81.7 cm³/mol. The fourth-order valence-electron chi connectivity index (χ4n) is 2.17. The molecule has 5 nitrogen and oxygen atoms in total. The van der Waals surface area contributed by atoms with E-state index in [9.17, 15) is 9.90 Å². The van der Waals surface area contributed by atoms with Crippen LogP contribution in [-0.2, 0) is 0 Å². The maximum absolute atomic E-state index is 11.2. The number of anilines is 1. The summed E-state index contributed by atoms with van der Waals surface area (Å²) in [6, 6.07) is 0. The summed E-state index contributed by atoms with van der Waals surface area (Å²) in [5.74, 6) is -0.160. The maximum Gasteiger partial charge on any atom is 0.346 e. The summed E-state index contributed by atoms with van der Waals surface area (Å²) in [7, 11) is 0. The molecule has 2 N–H and O–H groups in total. The minimum atomic E-state index is -0.903. The zero-order valence-corrected chi connectivity index (χ0v) is 12.6. The normalized spacial score (nSPS) is 10.9. The first kappa shape index (κ1) is 14.7. The number of aryl methyl sites for hydroxylation is 1. The van der Waals surface area contributed by atoms with E-state index in [-0.39, 0.29) is 0 Å². The Kier molecular flexibility index (Phi) is 4.89. The molecule has 2 rings (SSSR count). The Labute approximate surface area is 122 Å². The van der Waals surface area contributed by atoms with Crippen molar-refractivity contribution in [2.24, 2.45) is 0 Å². The molecule has 0 amide bonds. The lowest BCUT2D eigenvalue weighted by Gasteiger charge is -2.06. The Morgan fingerprint density at radius 3 is 2.85 bits per heavy atom. The SMILES string of the molecule is CCCCCCNc1ncnc2sc(C(=O)O)c(C)c12.